The molecule has 0 aliphatic carbocycles. The summed E-state index contributed by atoms with van der Waals surface area (Å²) in [7, 11) is 0. The molecule has 9 heteroatoms. The SMILES string of the molecule is Cc1nnc2ccc(N3CCC(Cn4cnc(-c5ccncc5)cc4=O)CC3)nn12. The van der Waals surface area contributed by atoms with E-state index in [0.29, 0.717) is 18.2 Å². The smallest absolute Gasteiger partial charge is 0.253 e. The number of fused-ring (bicyclic) bond motifs is 1. The second-order valence-corrected chi connectivity index (χ2v) is 7.64. The van der Waals surface area contributed by atoms with Crippen LogP contribution in [0.5, 0.6) is 0 Å². The molecule has 0 unspecified atom stereocenters. The third-order valence-electron chi connectivity index (χ3n) is 5.65. The number of nitrogens with zero attached hydrogens (tertiary/aromatic N) is 8. The fourth-order valence-corrected chi connectivity index (χ4v) is 3.92. The zero-order valence-corrected chi connectivity index (χ0v) is 16.7. The maximum atomic E-state index is 12.6. The van der Waals surface area contributed by atoms with Gasteiger partial charge >= 0.3 is 0 Å². The number of anilines is 1. The van der Waals surface area contributed by atoms with E-state index in [4.69, 9.17) is 0 Å². The van der Waals surface area contributed by atoms with Gasteiger partial charge in [0.05, 0.1) is 12.0 Å². The van der Waals surface area contributed by atoms with Crippen molar-refractivity contribution in [2.45, 2.75) is 26.3 Å². The molecule has 4 aromatic heterocycles. The number of rotatable bonds is 4. The van der Waals surface area contributed by atoms with Gasteiger partial charge in [-0.25, -0.2) is 4.98 Å². The molecule has 0 N–H and O–H groups in total. The van der Waals surface area contributed by atoms with Crippen LogP contribution in [0.25, 0.3) is 16.9 Å². The van der Waals surface area contributed by atoms with Crippen molar-refractivity contribution in [2.75, 3.05) is 18.0 Å². The topological polar surface area (TPSA) is 94.1 Å². The van der Waals surface area contributed by atoms with Gasteiger partial charge in [0.15, 0.2) is 11.5 Å². The molecule has 0 spiro atoms. The molecular formula is C21H22N8O. The standard InChI is InChI=1S/C21H22N8O/c1-15-24-25-19-2-3-20(26-29(15)19)27-10-6-16(7-11-27)13-28-14-23-18(12-21(28)30)17-4-8-22-9-5-17/h2-5,8-9,12,14,16H,6-7,10-11,13H2,1H3. The zero-order chi connectivity index (χ0) is 20.5. The number of hydrogen-bond donors (Lipinski definition) is 0. The number of hydrogen-bond acceptors (Lipinski definition) is 7. The molecule has 0 radical (unpaired) electrons. The first kappa shape index (κ1) is 18.4. The Hall–Kier alpha value is -3.62. The highest BCUT2D eigenvalue weighted by Crippen LogP contribution is 2.23. The molecule has 1 aliphatic heterocycles. The Bertz CT molecular complexity index is 1220. The Balaban J connectivity index is 1.25. The molecule has 0 aromatic carbocycles. The van der Waals surface area contributed by atoms with Gasteiger partial charge in [0.1, 0.15) is 5.82 Å². The lowest BCUT2D eigenvalue weighted by molar-refractivity contribution is 0.350. The van der Waals surface area contributed by atoms with E-state index in [9.17, 15) is 4.79 Å². The number of aromatic nitrogens is 7. The Labute approximate surface area is 173 Å². The van der Waals surface area contributed by atoms with Crippen molar-refractivity contribution in [1.82, 2.24) is 34.3 Å². The summed E-state index contributed by atoms with van der Waals surface area (Å²) in [5.41, 5.74) is 2.32. The molecule has 152 valence electrons. The van der Waals surface area contributed by atoms with Crippen LogP contribution in [0.15, 0.2) is 53.8 Å². The highest BCUT2D eigenvalue weighted by molar-refractivity contribution is 5.57. The van der Waals surface area contributed by atoms with Crippen LogP contribution in [0.1, 0.15) is 18.7 Å². The van der Waals surface area contributed by atoms with Crippen LogP contribution in [0.3, 0.4) is 0 Å². The van der Waals surface area contributed by atoms with Crippen LogP contribution < -0.4 is 10.5 Å². The van der Waals surface area contributed by atoms with Crippen molar-refractivity contribution < 1.29 is 0 Å². The molecule has 5 rings (SSSR count). The van der Waals surface area contributed by atoms with E-state index in [1.807, 2.05) is 31.2 Å². The molecule has 1 aliphatic rings. The van der Waals surface area contributed by atoms with Crippen molar-refractivity contribution in [3.05, 3.63) is 65.2 Å². The van der Waals surface area contributed by atoms with E-state index in [-0.39, 0.29) is 5.56 Å². The predicted molar refractivity (Wildman–Crippen MR) is 112 cm³/mol. The van der Waals surface area contributed by atoms with Gasteiger partial charge in [-0.1, -0.05) is 0 Å². The van der Waals surface area contributed by atoms with Crippen LogP contribution in [0.4, 0.5) is 5.82 Å². The van der Waals surface area contributed by atoms with Crippen LogP contribution in [-0.4, -0.2) is 47.4 Å². The zero-order valence-electron chi connectivity index (χ0n) is 16.7. The van der Waals surface area contributed by atoms with Gasteiger partial charge in [-0.3, -0.25) is 14.3 Å². The minimum absolute atomic E-state index is 0.0190. The van der Waals surface area contributed by atoms with E-state index in [1.54, 1.807) is 33.9 Å². The fraction of sp³-hybridized carbons (Fsp3) is 0.333. The highest BCUT2D eigenvalue weighted by Gasteiger charge is 2.21. The van der Waals surface area contributed by atoms with Gasteiger partial charge in [-0.15, -0.1) is 15.3 Å². The normalized spacial score (nSPS) is 15.0. The van der Waals surface area contributed by atoms with E-state index < -0.39 is 0 Å². The molecule has 0 amide bonds. The molecule has 30 heavy (non-hydrogen) atoms. The maximum Gasteiger partial charge on any atom is 0.253 e. The Morgan fingerprint density at radius 2 is 1.87 bits per heavy atom. The second kappa shape index (κ2) is 7.66. The minimum atomic E-state index is -0.0190. The highest BCUT2D eigenvalue weighted by atomic mass is 16.1. The average molecular weight is 402 g/mol. The van der Waals surface area contributed by atoms with Gasteiger partial charge < -0.3 is 4.90 Å². The van der Waals surface area contributed by atoms with E-state index in [2.05, 4.69) is 30.2 Å². The number of piperidine rings is 1. The van der Waals surface area contributed by atoms with Gasteiger partial charge in [0.2, 0.25) is 0 Å². The predicted octanol–water partition coefficient (Wildman–Crippen LogP) is 1.97. The molecule has 4 aromatic rings. The first-order chi connectivity index (χ1) is 14.7. The summed E-state index contributed by atoms with van der Waals surface area (Å²) in [5, 5.41) is 12.8. The Morgan fingerprint density at radius 1 is 1.07 bits per heavy atom. The van der Waals surface area contributed by atoms with Crippen molar-refractivity contribution in [1.29, 1.82) is 0 Å². The van der Waals surface area contributed by atoms with E-state index in [0.717, 1.165) is 48.8 Å². The monoisotopic (exact) mass is 402 g/mol. The summed E-state index contributed by atoms with van der Waals surface area (Å²) in [5.74, 6) is 2.15. The third-order valence-corrected chi connectivity index (χ3v) is 5.65. The first-order valence-electron chi connectivity index (χ1n) is 10.1. The largest absolute Gasteiger partial charge is 0.355 e. The lowest BCUT2D eigenvalue weighted by Crippen LogP contribution is -2.37. The van der Waals surface area contributed by atoms with Crippen molar-refractivity contribution in [3.8, 4) is 11.3 Å². The third kappa shape index (κ3) is 3.54. The van der Waals surface area contributed by atoms with Gasteiger partial charge in [0, 0.05) is 43.7 Å². The molecule has 0 saturated carbocycles. The molecular weight excluding hydrogens is 380 g/mol. The van der Waals surface area contributed by atoms with Crippen LogP contribution >= 0.6 is 0 Å². The summed E-state index contributed by atoms with van der Waals surface area (Å²) in [6.07, 6.45) is 7.06. The Morgan fingerprint density at radius 3 is 2.63 bits per heavy atom. The molecule has 1 saturated heterocycles. The first-order valence-corrected chi connectivity index (χ1v) is 10.1. The van der Waals surface area contributed by atoms with Crippen molar-refractivity contribution >= 4 is 11.5 Å². The second-order valence-electron chi connectivity index (χ2n) is 7.64. The lowest BCUT2D eigenvalue weighted by Gasteiger charge is -2.32. The van der Waals surface area contributed by atoms with Gasteiger partial charge in [-0.2, -0.15) is 4.52 Å². The Kier molecular flexibility index (Phi) is 4.70. The van der Waals surface area contributed by atoms with Gasteiger partial charge in [-0.05, 0) is 49.9 Å². The maximum absolute atomic E-state index is 12.6. The number of pyridine rings is 1. The van der Waals surface area contributed by atoms with Crippen LogP contribution in [0.2, 0.25) is 0 Å². The summed E-state index contributed by atoms with van der Waals surface area (Å²) < 4.78 is 3.49. The summed E-state index contributed by atoms with van der Waals surface area (Å²) >= 11 is 0. The molecule has 1 fully saturated rings. The summed E-state index contributed by atoms with van der Waals surface area (Å²) in [6.45, 7) is 4.39. The summed E-state index contributed by atoms with van der Waals surface area (Å²) in [6, 6.07) is 9.26. The summed E-state index contributed by atoms with van der Waals surface area (Å²) in [4.78, 5) is 23.3. The minimum Gasteiger partial charge on any atom is -0.355 e. The molecule has 5 heterocycles. The average Bonchev–Trinajstić information content (AvgIpc) is 3.16. The van der Waals surface area contributed by atoms with Gasteiger partial charge in [0.25, 0.3) is 5.56 Å². The molecule has 9 nitrogen and oxygen atoms in total. The van der Waals surface area contributed by atoms with Crippen molar-refractivity contribution in [3.63, 3.8) is 0 Å². The van der Waals surface area contributed by atoms with Crippen LogP contribution in [0, 0.1) is 12.8 Å². The van der Waals surface area contributed by atoms with E-state index >= 15 is 0 Å². The van der Waals surface area contributed by atoms with Crippen molar-refractivity contribution in [2.24, 2.45) is 5.92 Å². The molecule has 0 atom stereocenters. The number of aryl methyl sites for hydroxylation is 1. The van der Waals surface area contributed by atoms with Crippen LogP contribution in [-0.2, 0) is 6.54 Å². The lowest BCUT2D eigenvalue weighted by atomic mass is 9.96. The molecule has 0 bridgehead atoms. The van der Waals surface area contributed by atoms with E-state index in [1.165, 1.54) is 0 Å². The quantitative estimate of drug-likeness (QED) is 0.515. The fourth-order valence-electron chi connectivity index (χ4n) is 3.92.